The summed E-state index contributed by atoms with van der Waals surface area (Å²) in [7, 11) is -2.14. The first-order valence-electron chi connectivity index (χ1n) is 15.9. The number of fused-ring (bicyclic) bond motifs is 3. The SMILES string of the molecule is Cc1cn([C@H]2C[C@H](O[P@@]3(=S)O[C@@H]4[C@H]5OC6(CCCC6)O[C@H]5O[C@@H]4CN3C(C)C)[C@@H](CO[Si](C)(C)C(C)(C)C)O2)c(=O)[nH]c1=O. The lowest BCUT2D eigenvalue weighted by molar-refractivity contribution is -0.231. The van der Waals surface area contributed by atoms with Crippen molar-refractivity contribution in [1.29, 1.82) is 0 Å². The van der Waals surface area contributed by atoms with Crippen molar-refractivity contribution >= 4 is 26.8 Å². The molecule has 8 atom stereocenters. The molecule has 5 heterocycles. The van der Waals surface area contributed by atoms with Gasteiger partial charge in [0.05, 0.1) is 12.7 Å². The van der Waals surface area contributed by atoms with Crippen LogP contribution < -0.4 is 11.2 Å². The van der Waals surface area contributed by atoms with Crippen LogP contribution in [-0.2, 0) is 44.2 Å². The maximum atomic E-state index is 12.8. The van der Waals surface area contributed by atoms with Gasteiger partial charge in [-0.2, -0.15) is 0 Å². The molecular weight excluding hydrogens is 625 g/mol. The van der Waals surface area contributed by atoms with E-state index < -0.39 is 62.8 Å². The number of rotatable bonds is 7. The minimum atomic E-state index is -3.09. The van der Waals surface area contributed by atoms with E-state index in [0.717, 1.165) is 25.7 Å². The average Bonchev–Trinajstić information content (AvgIpc) is 3.69. The average molecular weight is 674 g/mol. The summed E-state index contributed by atoms with van der Waals surface area (Å²) in [6.45, 7) is 14.5. The quantitative estimate of drug-likeness (QED) is 0.330. The summed E-state index contributed by atoms with van der Waals surface area (Å²) in [6, 6.07) is 0.0263. The third-order valence-electron chi connectivity index (χ3n) is 10.2. The van der Waals surface area contributed by atoms with E-state index >= 15 is 0 Å². The van der Waals surface area contributed by atoms with Crippen molar-refractivity contribution in [3.63, 3.8) is 0 Å². The summed E-state index contributed by atoms with van der Waals surface area (Å²) in [5, 5.41) is -0.00442. The largest absolute Gasteiger partial charge is 0.414 e. The van der Waals surface area contributed by atoms with Crippen LogP contribution in [0.5, 0.6) is 0 Å². The van der Waals surface area contributed by atoms with Gasteiger partial charge < -0.3 is 32.4 Å². The molecule has 0 unspecified atom stereocenters. The van der Waals surface area contributed by atoms with Crippen LogP contribution in [-0.4, -0.2) is 84.3 Å². The monoisotopic (exact) mass is 673 g/mol. The van der Waals surface area contributed by atoms with E-state index in [1.54, 1.807) is 6.92 Å². The van der Waals surface area contributed by atoms with Crippen LogP contribution in [0.1, 0.15) is 78.5 Å². The molecule has 248 valence electrons. The Morgan fingerprint density at radius 1 is 1.16 bits per heavy atom. The molecule has 44 heavy (non-hydrogen) atoms. The number of aromatic amines is 1. The highest BCUT2D eigenvalue weighted by molar-refractivity contribution is 8.08. The maximum absolute atomic E-state index is 12.8. The molecule has 0 bridgehead atoms. The van der Waals surface area contributed by atoms with Crippen molar-refractivity contribution in [2.75, 3.05) is 13.2 Å². The van der Waals surface area contributed by atoms with Crippen molar-refractivity contribution in [2.45, 2.75) is 147 Å². The molecule has 1 aromatic rings. The molecule has 1 aromatic heterocycles. The molecule has 1 saturated carbocycles. The lowest BCUT2D eigenvalue weighted by atomic mass is 10.1. The van der Waals surface area contributed by atoms with Gasteiger partial charge in [-0.3, -0.25) is 14.3 Å². The van der Waals surface area contributed by atoms with Gasteiger partial charge in [0, 0.05) is 43.6 Å². The first-order chi connectivity index (χ1) is 20.5. The van der Waals surface area contributed by atoms with E-state index in [-0.39, 0.29) is 29.9 Å². The first-order valence-corrected chi connectivity index (χ1v) is 21.4. The first kappa shape index (κ1) is 33.1. The van der Waals surface area contributed by atoms with Crippen LogP contribution in [0.3, 0.4) is 0 Å². The van der Waals surface area contributed by atoms with Gasteiger partial charge in [-0.25, -0.2) is 9.46 Å². The Kier molecular flexibility index (Phi) is 8.83. The topological polar surface area (TPSA) is 123 Å². The van der Waals surface area contributed by atoms with E-state index in [0.29, 0.717) is 18.5 Å². The lowest BCUT2D eigenvalue weighted by Crippen LogP contribution is -2.50. The number of aryl methyl sites for hydroxylation is 1. The van der Waals surface area contributed by atoms with E-state index in [2.05, 4.69) is 57.4 Å². The number of H-pyrrole nitrogens is 1. The summed E-state index contributed by atoms with van der Waals surface area (Å²) in [5.41, 5.74) is -0.536. The zero-order valence-electron chi connectivity index (χ0n) is 27.1. The number of hydrogen-bond acceptors (Lipinski definition) is 10. The van der Waals surface area contributed by atoms with E-state index in [9.17, 15) is 9.59 Å². The fourth-order valence-electron chi connectivity index (χ4n) is 6.51. The van der Waals surface area contributed by atoms with Gasteiger partial charge in [0.2, 0.25) is 0 Å². The highest BCUT2D eigenvalue weighted by atomic mass is 32.5. The maximum Gasteiger partial charge on any atom is 0.330 e. The normalized spacial score (nSPS) is 37.2. The van der Waals surface area contributed by atoms with Crippen molar-refractivity contribution in [2.24, 2.45) is 0 Å². The molecule has 4 aliphatic heterocycles. The summed E-state index contributed by atoms with van der Waals surface area (Å²) in [4.78, 5) is 27.3. The Hall–Kier alpha value is -0.773. The van der Waals surface area contributed by atoms with Crippen LogP contribution in [0.2, 0.25) is 18.1 Å². The van der Waals surface area contributed by atoms with Gasteiger partial charge >= 0.3 is 5.69 Å². The molecule has 0 radical (unpaired) electrons. The van der Waals surface area contributed by atoms with Crippen molar-refractivity contribution in [3.05, 3.63) is 32.6 Å². The minimum Gasteiger partial charge on any atom is -0.414 e. The third kappa shape index (κ3) is 6.03. The Labute approximate surface area is 265 Å². The molecule has 0 amide bonds. The van der Waals surface area contributed by atoms with E-state index in [4.69, 9.17) is 44.2 Å². The second kappa shape index (κ2) is 11.7. The Morgan fingerprint density at radius 2 is 1.86 bits per heavy atom. The number of nitrogens with one attached hydrogen (secondary N) is 1. The van der Waals surface area contributed by atoms with Gasteiger partial charge in [0.15, 0.2) is 20.4 Å². The minimum absolute atomic E-state index is 0.00442. The fraction of sp³-hybridized carbons (Fsp3) is 0.862. The van der Waals surface area contributed by atoms with Gasteiger partial charge in [0.1, 0.15) is 30.6 Å². The smallest absolute Gasteiger partial charge is 0.330 e. The molecule has 1 N–H and O–H groups in total. The molecule has 1 aliphatic carbocycles. The van der Waals surface area contributed by atoms with Crippen LogP contribution >= 0.6 is 6.64 Å². The predicted octanol–water partition coefficient (Wildman–Crippen LogP) is 4.28. The molecule has 5 aliphatic rings. The molecule has 5 fully saturated rings. The Balaban J connectivity index is 1.27. The van der Waals surface area contributed by atoms with Crippen LogP contribution in [0.25, 0.3) is 0 Å². The number of nitrogens with zero attached hydrogens (tertiary/aromatic N) is 2. The van der Waals surface area contributed by atoms with Crippen LogP contribution in [0.4, 0.5) is 0 Å². The third-order valence-corrected chi connectivity index (χ3v) is 18.1. The van der Waals surface area contributed by atoms with Crippen molar-refractivity contribution in [3.8, 4) is 0 Å². The number of ether oxygens (including phenoxy) is 4. The Bertz CT molecular complexity index is 1410. The molecule has 0 aromatic carbocycles. The summed E-state index contributed by atoms with van der Waals surface area (Å²) in [6.07, 6.45) is 2.48. The standard InChI is InChI=1S/C29H48N3O9PSSi/c1-17(2)32-15-20-23(24-26(37-20)39-29(38-24)11-9-10-12-29)41-42(32,43)40-19-13-22(31-14-18(3)25(33)30-27(31)34)36-21(19)16-35-44(7,8)28(4,5)6/h14,17,19-24,26H,9-13,15-16H2,1-8H3,(H,30,33,34)/t19-,20+,21+,22+,23-,24+,26+,42+/m0/s1. The highest BCUT2D eigenvalue weighted by Gasteiger charge is 2.63. The summed E-state index contributed by atoms with van der Waals surface area (Å²) in [5.74, 6) is -0.594. The van der Waals surface area contributed by atoms with E-state index in [1.807, 2.05) is 0 Å². The second-order valence-electron chi connectivity index (χ2n) is 14.7. The van der Waals surface area contributed by atoms with Gasteiger partial charge in [-0.1, -0.05) is 20.8 Å². The van der Waals surface area contributed by atoms with Crippen molar-refractivity contribution in [1.82, 2.24) is 14.2 Å². The molecule has 12 nitrogen and oxygen atoms in total. The fourth-order valence-corrected chi connectivity index (χ4v) is 11.3. The lowest BCUT2D eigenvalue weighted by Gasteiger charge is -2.46. The number of hydrogen-bond donors (Lipinski definition) is 1. The second-order valence-corrected chi connectivity index (χ2v) is 22.7. The molecular formula is C29H48N3O9PSSi. The highest BCUT2D eigenvalue weighted by Crippen LogP contribution is 2.62. The van der Waals surface area contributed by atoms with Crippen LogP contribution in [0.15, 0.2) is 15.8 Å². The Morgan fingerprint density at radius 3 is 2.52 bits per heavy atom. The van der Waals surface area contributed by atoms with Crippen molar-refractivity contribution < 1.29 is 32.4 Å². The molecule has 4 saturated heterocycles. The van der Waals surface area contributed by atoms with Gasteiger partial charge in [0.25, 0.3) is 12.2 Å². The van der Waals surface area contributed by atoms with Gasteiger partial charge in [-0.05, 0) is 63.6 Å². The molecule has 6 rings (SSSR count). The van der Waals surface area contributed by atoms with Crippen LogP contribution in [0, 0.1) is 6.92 Å². The van der Waals surface area contributed by atoms with E-state index in [1.165, 1.54) is 10.8 Å². The predicted molar refractivity (Wildman–Crippen MR) is 169 cm³/mol. The molecule has 1 spiro atoms. The van der Waals surface area contributed by atoms with Gasteiger partial charge in [-0.15, -0.1) is 0 Å². The zero-order chi connectivity index (χ0) is 31.8. The molecule has 15 heteroatoms. The summed E-state index contributed by atoms with van der Waals surface area (Å²) < 4.78 is 49.5. The number of aromatic nitrogens is 2. The zero-order valence-corrected chi connectivity index (χ0v) is 29.8. The summed E-state index contributed by atoms with van der Waals surface area (Å²) >= 11 is 6.32.